The second kappa shape index (κ2) is 5.56. The quantitative estimate of drug-likeness (QED) is 0.750. The standard InChI is InChI=1S/C14H16N2O3/c1-16-9-4-3-7-11(16)13(17)10-6-5-8-15-12(10)14(18)19-2/h3-8,12,15H,9H2,1-2H3. The minimum absolute atomic E-state index is 0.167. The average Bonchev–Trinajstić information content (AvgIpc) is 2.46. The highest BCUT2D eigenvalue weighted by molar-refractivity contribution is 6.12. The fourth-order valence-electron chi connectivity index (χ4n) is 2.01. The van der Waals surface area contributed by atoms with Gasteiger partial charge in [0.25, 0.3) is 0 Å². The van der Waals surface area contributed by atoms with Crippen LogP contribution in [0, 0.1) is 0 Å². The van der Waals surface area contributed by atoms with E-state index < -0.39 is 12.0 Å². The number of nitrogens with zero attached hydrogens (tertiary/aromatic N) is 1. The molecule has 0 spiro atoms. The molecule has 5 heteroatoms. The zero-order chi connectivity index (χ0) is 13.8. The minimum Gasteiger partial charge on any atom is -0.467 e. The third kappa shape index (κ3) is 2.59. The van der Waals surface area contributed by atoms with Gasteiger partial charge in [0.1, 0.15) is 0 Å². The molecule has 2 aliphatic rings. The first-order valence-corrected chi connectivity index (χ1v) is 5.98. The van der Waals surface area contributed by atoms with Gasteiger partial charge in [-0.15, -0.1) is 0 Å². The molecule has 0 aromatic carbocycles. The Labute approximate surface area is 111 Å². The molecule has 1 unspecified atom stereocenters. The second-order valence-corrected chi connectivity index (χ2v) is 4.29. The van der Waals surface area contributed by atoms with Crippen molar-refractivity contribution in [2.75, 3.05) is 20.7 Å². The van der Waals surface area contributed by atoms with E-state index in [0.29, 0.717) is 17.8 Å². The van der Waals surface area contributed by atoms with Crippen LogP contribution in [0.5, 0.6) is 0 Å². The largest absolute Gasteiger partial charge is 0.467 e. The van der Waals surface area contributed by atoms with Gasteiger partial charge in [0.2, 0.25) is 5.78 Å². The van der Waals surface area contributed by atoms with Gasteiger partial charge in [-0.2, -0.15) is 0 Å². The lowest BCUT2D eigenvalue weighted by Crippen LogP contribution is -2.41. The van der Waals surface area contributed by atoms with Gasteiger partial charge in [0.15, 0.2) is 6.04 Å². The Morgan fingerprint density at radius 3 is 2.84 bits per heavy atom. The molecule has 2 rings (SSSR count). The highest BCUT2D eigenvalue weighted by Crippen LogP contribution is 2.18. The molecule has 1 atom stereocenters. The highest BCUT2D eigenvalue weighted by atomic mass is 16.5. The van der Waals surface area contributed by atoms with Crippen molar-refractivity contribution in [3.63, 3.8) is 0 Å². The second-order valence-electron chi connectivity index (χ2n) is 4.29. The number of dihydropyridines is 1. The lowest BCUT2D eigenvalue weighted by Gasteiger charge is -2.26. The molecule has 19 heavy (non-hydrogen) atoms. The molecular formula is C14H16N2O3. The minimum atomic E-state index is -0.747. The average molecular weight is 260 g/mol. The molecule has 0 radical (unpaired) electrons. The maximum atomic E-state index is 12.5. The fourth-order valence-corrected chi connectivity index (χ4v) is 2.01. The predicted octanol–water partition coefficient (Wildman–Crippen LogP) is 0.526. The van der Waals surface area contributed by atoms with Crippen LogP contribution in [0.1, 0.15) is 0 Å². The molecule has 5 nitrogen and oxygen atoms in total. The summed E-state index contributed by atoms with van der Waals surface area (Å²) < 4.78 is 4.71. The van der Waals surface area contributed by atoms with E-state index >= 15 is 0 Å². The Kier molecular flexibility index (Phi) is 3.85. The number of esters is 1. The van der Waals surface area contributed by atoms with Crippen LogP contribution < -0.4 is 5.32 Å². The van der Waals surface area contributed by atoms with E-state index in [4.69, 9.17) is 4.74 Å². The number of hydrogen-bond acceptors (Lipinski definition) is 5. The van der Waals surface area contributed by atoms with Crippen LogP contribution in [0.15, 0.2) is 47.9 Å². The molecule has 2 heterocycles. The number of ketones is 1. The summed E-state index contributed by atoms with van der Waals surface area (Å²) in [5.41, 5.74) is 0.961. The summed E-state index contributed by atoms with van der Waals surface area (Å²) in [4.78, 5) is 26.0. The number of allylic oxidation sites excluding steroid dienone is 5. The van der Waals surface area contributed by atoms with Crippen molar-refractivity contribution in [2.45, 2.75) is 6.04 Å². The first-order chi connectivity index (χ1) is 9.15. The van der Waals surface area contributed by atoms with Crippen LogP contribution in [0.2, 0.25) is 0 Å². The maximum absolute atomic E-state index is 12.5. The molecule has 0 aromatic rings. The van der Waals surface area contributed by atoms with Crippen molar-refractivity contribution in [3.05, 3.63) is 47.9 Å². The summed E-state index contributed by atoms with van der Waals surface area (Å²) >= 11 is 0. The van der Waals surface area contributed by atoms with Crippen LogP contribution in [0.25, 0.3) is 0 Å². The predicted molar refractivity (Wildman–Crippen MR) is 71.0 cm³/mol. The van der Waals surface area contributed by atoms with Crippen LogP contribution in [0.3, 0.4) is 0 Å². The van der Waals surface area contributed by atoms with E-state index in [9.17, 15) is 9.59 Å². The van der Waals surface area contributed by atoms with Gasteiger partial charge < -0.3 is 15.0 Å². The lowest BCUT2D eigenvalue weighted by molar-refractivity contribution is -0.142. The van der Waals surface area contributed by atoms with Crippen LogP contribution in [-0.2, 0) is 14.3 Å². The van der Waals surface area contributed by atoms with Crippen LogP contribution in [-0.4, -0.2) is 43.4 Å². The van der Waals surface area contributed by atoms with Crippen LogP contribution >= 0.6 is 0 Å². The molecule has 100 valence electrons. The van der Waals surface area contributed by atoms with Gasteiger partial charge in [-0.3, -0.25) is 4.79 Å². The summed E-state index contributed by atoms with van der Waals surface area (Å²) in [6.45, 7) is 0.678. The summed E-state index contributed by atoms with van der Waals surface area (Å²) in [6, 6.07) is -0.747. The summed E-state index contributed by atoms with van der Waals surface area (Å²) in [5.74, 6) is -0.641. The third-order valence-electron chi connectivity index (χ3n) is 3.06. The van der Waals surface area contributed by atoms with Crippen molar-refractivity contribution >= 4 is 11.8 Å². The van der Waals surface area contributed by atoms with Crippen molar-refractivity contribution in [2.24, 2.45) is 0 Å². The van der Waals surface area contributed by atoms with Gasteiger partial charge in [0, 0.05) is 19.2 Å². The Balaban J connectivity index is 2.28. The molecule has 2 aliphatic heterocycles. The first-order valence-electron chi connectivity index (χ1n) is 5.98. The number of ether oxygens (including phenoxy) is 1. The van der Waals surface area contributed by atoms with E-state index in [1.54, 1.807) is 24.4 Å². The Hall–Kier alpha value is -2.30. The summed E-state index contributed by atoms with van der Waals surface area (Å²) in [6.07, 6.45) is 10.5. The summed E-state index contributed by atoms with van der Waals surface area (Å²) in [5, 5.41) is 2.85. The highest BCUT2D eigenvalue weighted by Gasteiger charge is 2.31. The third-order valence-corrected chi connectivity index (χ3v) is 3.06. The van der Waals surface area contributed by atoms with E-state index in [1.807, 2.05) is 24.1 Å². The molecule has 1 N–H and O–H groups in total. The normalized spacial score (nSPS) is 21.4. The van der Waals surface area contributed by atoms with Gasteiger partial charge in [-0.25, -0.2) is 4.79 Å². The topological polar surface area (TPSA) is 58.6 Å². The SMILES string of the molecule is COC(=O)C1NC=CC=C1C(=O)C1=CC=CCN1C. The number of carbonyl (C=O) groups excluding carboxylic acids is 2. The maximum Gasteiger partial charge on any atom is 0.333 e. The van der Waals surface area contributed by atoms with E-state index in [1.165, 1.54) is 7.11 Å². The molecule has 0 saturated carbocycles. The Morgan fingerprint density at radius 1 is 1.37 bits per heavy atom. The number of carbonyl (C=O) groups is 2. The van der Waals surface area contributed by atoms with Gasteiger partial charge in [0.05, 0.1) is 12.8 Å². The van der Waals surface area contributed by atoms with Gasteiger partial charge in [-0.1, -0.05) is 18.2 Å². The molecule has 0 aromatic heterocycles. The van der Waals surface area contributed by atoms with Crippen molar-refractivity contribution < 1.29 is 14.3 Å². The fraction of sp³-hybridized carbons (Fsp3) is 0.286. The number of methoxy groups -OCH3 is 1. The first kappa shape index (κ1) is 13.1. The van der Waals surface area contributed by atoms with Crippen molar-refractivity contribution in [1.29, 1.82) is 0 Å². The zero-order valence-corrected chi connectivity index (χ0v) is 10.9. The molecule has 0 aliphatic carbocycles. The smallest absolute Gasteiger partial charge is 0.333 e. The van der Waals surface area contributed by atoms with E-state index in [2.05, 4.69) is 5.32 Å². The number of nitrogens with one attached hydrogen (secondary N) is 1. The number of hydrogen-bond donors (Lipinski definition) is 1. The molecule has 0 saturated heterocycles. The molecule has 0 fully saturated rings. The molecule has 0 bridgehead atoms. The van der Waals surface area contributed by atoms with Crippen molar-refractivity contribution in [1.82, 2.24) is 10.2 Å². The van der Waals surface area contributed by atoms with Gasteiger partial charge >= 0.3 is 5.97 Å². The molecular weight excluding hydrogens is 244 g/mol. The summed E-state index contributed by atoms with van der Waals surface area (Å²) in [7, 11) is 3.15. The number of Topliss-reactive ketones (excluding diaryl/α,β-unsaturated/α-hetero) is 1. The Bertz CT molecular complexity index is 515. The lowest BCUT2D eigenvalue weighted by atomic mass is 9.97. The number of rotatable bonds is 3. The van der Waals surface area contributed by atoms with Crippen molar-refractivity contribution in [3.8, 4) is 0 Å². The monoisotopic (exact) mass is 260 g/mol. The van der Waals surface area contributed by atoms with E-state index in [0.717, 1.165) is 0 Å². The van der Waals surface area contributed by atoms with Crippen LogP contribution in [0.4, 0.5) is 0 Å². The zero-order valence-electron chi connectivity index (χ0n) is 10.9. The molecule has 0 amide bonds. The van der Waals surface area contributed by atoms with E-state index in [-0.39, 0.29) is 5.78 Å². The van der Waals surface area contributed by atoms with Gasteiger partial charge in [-0.05, 0) is 18.4 Å². The Morgan fingerprint density at radius 2 is 2.16 bits per heavy atom. The number of likely N-dealkylation sites (N-methyl/N-ethyl adjacent to an activating group) is 1.